The number of hydrogen-bond donors (Lipinski definition) is 2. The van der Waals surface area contributed by atoms with Crippen LogP contribution in [0.15, 0.2) is 48.5 Å². The summed E-state index contributed by atoms with van der Waals surface area (Å²) in [6.07, 6.45) is 0. The van der Waals surface area contributed by atoms with E-state index in [0.717, 1.165) is 30.2 Å². The molecule has 0 bridgehead atoms. The molecule has 0 amide bonds. The van der Waals surface area contributed by atoms with E-state index >= 15 is 0 Å². The van der Waals surface area contributed by atoms with Crippen LogP contribution in [0.1, 0.15) is 0 Å². The van der Waals surface area contributed by atoms with Crippen LogP contribution in [0.3, 0.4) is 0 Å². The molecule has 0 aromatic heterocycles. The lowest BCUT2D eigenvalue weighted by molar-refractivity contribution is -0.384. The lowest BCUT2D eigenvalue weighted by Gasteiger charge is -2.13. The zero-order valence-corrected chi connectivity index (χ0v) is 12.7. The fourth-order valence-electron chi connectivity index (χ4n) is 1.99. The van der Waals surface area contributed by atoms with Crippen molar-refractivity contribution in [1.82, 2.24) is 0 Å². The lowest BCUT2D eigenvalue weighted by atomic mass is 10.2. The fraction of sp³-hybridized carbons (Fsp3) is 0.250. The van der Waals surface area contributed by atoms with Crippen LogP contribution in [0.5, 0.6) is 0 Å². The summed E-state index contributed by atoms with van der Waals surface area (Å²) in [5.41, 5.74) is 3.20. The Labute approximate surface area is 129 Å². The Balaban J connectivity index is 1.75. The van der Waals surface area contributed by atoms with Gasteiger partial charge in [-0.25, -0.2) is 0 Å². The van der Waals surface area contributed by atoms with Crippen molar-refractivity contribution in [3.8, 4) is 0 Å². The van der Waals surface area contributed by atoms with Gasteiger partial charge in [-0.2, -0.15) is 0 Å². The third-order valence-corrected chi connectivity index (χ3v) is 3.25. The number of nitro groups is 1. The summed E-state index contributed by atoms with van der Waals surface area (Å²) in [7, 11) is 4.02. The second kappa shape index (κ2) is 7.31. The van der Waals surface area contributed by atoms with Crippen molar-refractivity contribution >= 4 is 22.7 Å². The predicted molar refractivity (Wildman–Crippen MR) is 90.8 cm³/mol. The van der Waals surface area contributed by atoms with Gasteiger partial charge in [0.2, 0.25) is 0 Å². The van der Waals surface area contributed by atoms with Gasteiger partial charge in [-0.05, 0) is 36.4 Å². The molecule has 2 aromatic rings. The molecular weight excluding hydrogens is 280 g/mol. The van der Waals surface area contributed by atoms with Crippen molar-refractivity contribution in [2.45, 2.75) is 0 Å². The highest BCUT2D eigenvalue weighted by Gasteiger charge is 2.03. The molecule has 6 heteroatoms. The number of nitrogens with zero attached hydrogens (tertiary/aromatic N) is 2. The highest BCUT2D eigenvalue weighted by atomic mass is 16.6. The molecule has 116 valence electrons. The molecule has 0 saturated carbocycles. The summed E-state index contributed by atoms with van der Waals surface area (Å²) >= 11 is 0. The molecule has 0 spiro atoms. The average molecular weight is 300 g/mol. The minimum atomic E-state index is -0.400. The van der Waals surface area contributed by atoms with Crippen molar-refractivity contribution in [3.63, 3.8) is 0 Å². The van der Waals surface area contributed by atoms with Gasteiger partial charge in [-0.3, -0.25) is 10.1 Å². The number of nitrogens with one attached hydrogen (secondary N) is 2. The molecular formula is C16H20N4O2. The molecule has 6 nitrogen and oxygen atoms in total. The second-order valence-electron chi connectivity index (χ2n) is 5.10. The molecule has 0 aliphatic rings. The number of rotatable bonds is 7. The zero-order valence-electron chi connectivity index (χ0n) is 12.7. The Morgan fingerprint density at radius 2 is 1.36 bits per heavy atom. The summed E-state index contributed by atoms with van der Waals surface area (Å²) in [6.45, 7) is 1.49. The number of benzene rings is 2. The molecule has 22 heavy (non-hydrogen) atoms. The highest BCUT2D eigenvalue weighted by molar-refractivity contribution is 5.54. The van der Waals surface area contributed by atoms with Crippen LogP contribution in [0.2, 0.25) is 0 Å². The summed E-state index contributed by atoms with van der Waals surface area (Å²) in [5.74, 6) is 0. The fourth-order valence-corrected chi connectivity index (χ4v) is 1.99. The Morgan fingerprint density at radius 1 is 0.909 bits per heavy atom. The third kappa shape index (κ3) is 4.37. The van der Waals surface area contributed by atoms with Crippen LogP contribution in [-0.2, 0) is 0 Å². The average Bonchev–Trinajstić information content (AvgIpc) is 2.52. The Kier molecular flexibility index (Phi) is 5.19. The van der Waals surface area contributed by atoms with E-state index in [1.54, 1.807) is 12.1 Å². The summed E-state index contributed by atoms with van der Waals surface area (Å²) < 4.78 is 0. The molecule has 2 rings (SSSR count). The van der Waals surface area contributed by atoms with Gasteiger partial charge in [0, 0.05) is 56.4 Å². The molecule has 0 radical (unpaired) electrons. The largest absolute Gasteiger partial charge is 0.383 e. The van der Waals surface area contributed by atoms with Crippen LogP contribution in [0.25, 0.3) is 0 Å². The van der Waals surface area contributed by atoms with Gasteiger partial charge in [-0.1, -0.05) is 0 Å². The van der Waals surface area contributed by atoms with Gasteiger partial charge in [0.1, 0.15) is 0 Å². The molecule has 0 heterocycles. The topological polar surface area (TPSA) is 70.4 Å². The number of non-ortho nitro benzene ring substituents is 1. The van der Waals surface area contributed by atoms with Gasteiger partial charge in [0.15, 0.2) is 0 Å². The standard InChI is InChI=1S/C16H20N4O2/c1-19(2)15-7-3-13(4-8-15)17-11-12-18-14-5-9-16(10-6-14)20(21)22/h3-10,17-18H,11-12H2,1-2H3. The maximum absolute atomic E-state index is 10.6. The van der Waals surface area contributed by atoms with E-state index in [9.17, 15) is 10.1 Å². The summed E-state index contributed by atoms with van der Waals surface area (Å²) in [6, 6.07) is 14.6. The molecule has 0 aliphatic carbocycles. The molecule has 2 N–H and O–H groups in total. The SMILES string of the molecule is CN(C)c1ccc(NCCNc2ccc([N+](=O)[O-])cc2)cc1. The first-order valence-corrected chi connectivity index (χ1v) is 7.06. The van der Waals surface area contributed by atoms with Crippen LogP contribution < -0.4 is 15.5 Å². The van der Waals surface area contributed by atoms with Crippen molar-refractivity contribution in [2.75, 3.05) is 42.7 Å². The first-order chi connectivity index (χ1) is 10.6. The normalized spacial score (nSPS) is 10.1. The molecule has 0 atom stereocenters. The monoisotopic (exact) mass is 300 g/mol. The van der Waals surface area contributed by atoms with E-state index in [0.29, 0.717) is 0 Å². The maximum Gasteiger partial charge on any atom is 0.269 e. The van der Waals surface area contributed by atoms with Crippen LogP contribution >= 0.6 is 0 Å². The first kappa shape index (κ1) is 15.6. The van der Waals surface area contributed by atoms with Gasteiger partial charge < -0.3 is 15.5 Å². The van der Waals surface area contributed by atoms with E-state index in [-0.39, 0.29) is 5.69 Å². The van der Waals surface area contributed by atoms with E-state index < -0.39 is 4.92 Å². The summed E-state index contributed by atoms with van der Waals surface area (Å²) in [5, 5.41) is 17.1. The number of nitro benzene ring substituents is 1. The van der Waals surface area contributed by atoms with Gasteiger partial charge in [-0.15, -0.1) is 0 Å². The first-order valence-electron chi connectivity index (χ1n) is 7.06. The summed E-state index contributed by atoms with van der Waals surface area (Å²) in [4.78, 5) is 12.2. The van der Waals surface area contributed by atoms with E-state index in [1.165, 1.54) is 12.1 Å². The molecule has 0 unspecified atom stereocenters. The van der Waals surface area contributed by atoms with E-state index in [4.69, 9.17) is 0 Å². The number of hydrogen-bond acceptors (Lipinski definition) is 5. The quantitative estimate of drug-likeness (QED) is 0.467. The van der Waals surface area contributed by atoms with Crippen LogP contribution in [0.4, 0.5) is 22.7 Å². The zero-order chi connectivity index (χ0) is 15.9. The van der Waals surface area contributed by atoms with Crippen molar-refractivity contribution < 1.29 is 4.92 Å². The third-order valence-electron chi connectivity index (χ3n) is 3.25. The minimum Gasteiger partial charge on any atom is -0.383 e. The van der Waals surface area contributed by atoms with E-state index in [2.05, 4.69) is 27.7 Å². The molecule has 0 aliphatic heterocycles. The van der Waals surface area contributed by atoms with Crippen molar-refractivity contribution in [2.24, 2.45) is 0 Å². The van der Waals surface area contributed by atoms with E-state index in [1.807, 2.05) is 26.2 Å². The Bertz CT molecular complexity index is 609. The second-order valence-corrected chi connectivity index (χ2v) is 5.10. The van der Waals surface area contributed by atoms with Crippen LogP contribution in [0, 0.1) is 10.1 Å². The minimum absolute atomic E-state index is 0.102. The van der Waals surface area contributed by atoms with Gasteiger partial charge >= 0.3 is 0 Å². The van der Waals surface area contributed by atoms with Gasteiger partial charge in [0.05, 0.1) is 4.92 Å². The molecule has 0 fully saturated rings. The Hall–Kier alpha value is -2.76. The van der Waals surface area contributed by atoms with Crippen molar-refractivity contribution in [1.29, 1.82) is 0 Å². The maximum atomic E-state index is 10.6. The Morgan fingerprint density at radius 3 is 1.77 bits per heavy atom. The number of anilines is 3. The molecule has 2 aromatic carbocycles. The highest BCUT2D eigenvalue weighted by Crippen LogP contribution is 2.16. The predicted octanol–water partition coefficient (Wildman–Crippen LogP) is 3.18. The molecule has 0 saturated heterocycles. The lowest BCUT2D eigenvalue weighted by Crippen LogP contribution is -2.14. The van der Waals surface area contributed by atoms with Crippen LogP contribution in [-0.4, -0.2) is 32.1 Å². The smallest absolute Gasteiger partial charge is 0.269 e. The van der Waals surface area contributed by atoms with Crippen molar-refractivity contribution in [3.05, 3.63) is 58.6 Å². The van der Waals surface area contributed by atoms with Gasteiger partial charge in [0.25, 0.3) is 5.69 Å².